The van der Waals surface area contributed by atoms with Crippen LogP contribution in [0.25, 0.3) is 0 Å². The average molecular weight is 166 g/mol. The molecular weight excluding hydrogens is 156 g/mol. The number of nitrogens with two attached hydrogens (primary N) is 2. The van der Waals surface area contributed by atoms with E-state index in [-0.39, 0.29) is 6.61 Å². The van der Waals surface area contributed by atoms with Crippen molar-refractivity contribution in [3.63, 3.8) is 0 Å². The van der Waals surface area contributed by atoms with Gasteiger partial charge in [-0.2, -0.15) is 0 Å². The van der Waals surface area contributed by atoms with E-state index in [0.29, 0.717) is 17.2 Å². The zero-order valence-corrected chi connectivity index (χ0v) is 6.53. The van der Waals surface area contributed by atoms with E-state index in [1.807, 2.05) is 0 Å². The molecule has 0 radical (unpaired) electrons. The number of oxime groups is 1. The third-order valence-corrected chi connectivity index (χ3v) is 1.32. The van der Waals surface area contributed by atoms with Crippen LogP contribution >= 0.6 is 0 Å². The third-order valence-electron chi connectivity index (χ3n) is 1.32. The fraction of sp³-hybridized carbons (Fsp3) is 0.143. The van der Waals surface area contributed by atoms with E-state index in [1.54, 1.807) is 12.1 Å². The highest BCUT2D eigenvalue weighted by atomic mass is 16.6. The lowest BCUT2D eigenvalue weighted by Gasteiger charge is -2.01. The van der Waals surface area contributed by atoms with E-state index in [0.717, 1.165) is 0 Å². The van der Waals surface area contributed by atoms with Gasteiger partial charge in [0.25, 0.3) is 0 Å². The van der Waals surface area contributed by atoms with Crippen molar-refractivity contribution in [2.24, 2.45) is 5.16 Å². The number of hydrogen-bond acceptors (Lipinski definition) is 5. The maximum Gasteiger partial charge on any atom is 0.159 e. The Morgan fingerprint density at radius 2 is 2.25 bits per heavy atom. The molecule has 0 unspecified atom stereocenters. The Morgan fingerprint density at radius 1 is 1.50 bits per heavy atom. The lowest BCUT2D eigenvalue weighted by molar-refractivity contribution is 0.130. The molecule has 0 aliphatic heterocycles. The van der Waals surface area contributed by atoms with E-state index in [4.69, 9.17) is 11.5 Å². The lowest BCUT2D eigenvalue weighted by atomic mass is 10.3. The van der Waals surface area contributed by atoms with Gasteiger partial charge in [-0.15, -0.1) is 5.16 Å². The summed E-state index contributed by atoms with van der Waals surface area (Å²) < 4.78 is 0. The minimum absolute atomic E-state index is 0.258. The van der Waals surface area contributed by atoms with Gasteiger partial charge in [0.15, 0.2) is 6.61 Å². The second kappa shape index (κ2) is 3.56. The molecule has 0 saturated heterocycles. The number of rotatable bonds is 3. The minimum Gasteiger partial charge on any atom is -0.396 e. The number of nitrogen functional groups attached to an aromatic ring is 2. The first-order chi connectivity index (χ1) is 5.74. The fourth-order valence-corrected chi connectivity index (χ4v) is 0.720. The van der Waals surface area contributed by atoms with Gasteiger partial charge in [0, 0.05) is 6.72 Å². The summed E-state index contributed by atoms with van der Waals surface area (Å²) in [5.74, 6) is 0.306. The van der Waals surface area contributed by atoms with Gasteiger partial charge in [-0.05, 0) is 12.1 Å². The monoisotopic (exact) mass is 166 g/mol. The van der Waals surface area contributed by atoms with Crippen molar-refractivity contribution in [2.75, 3.05) is 11.5 Å². The fourth-order valence-electron chi connectivity index (χ4n) is 0.720. The number of nitrogens with zero attached hydrogens (tertiary/aromatic N) is 2. The van der Waals surface area contributed by atoms with Gasteiger partial charge >= 0.3 is 0 Å². The summed E-state index contributed by atoms with van der Waals surface area (Å²) in [5.41, 5.74) is 12.0. The smallest absolute Gasteiger partial charge is 0.159 e. The van der Waals surface area contributed by atoms with E-state index < -0.39 is 0 Å². The molecule has 0 amide bonds. The molecule has 0 atom stereocenters. The first-order valence-electron chi connectivity index (χ1n) is 3.33. The first kappa shape index (κ1) is 8.32. The number of anilines is 2. The molecule has 0 spiro atoms. The Labute approximate surface area is 70.0 Å². The molecule has 0 aliphatic rings. The Hall–Kier alpha value is -1.78. The molecule has 1 heterocycles. The van der Waals surface area contributed by atoms with Crippen molar-refractivity contribution in [1.29, 1.82) is 0 Å². The highest BCUT2D eigenvalue weighted by molar-refractivity contribution is 5.57. The average Bonchev–Trinajstić information content (AvgIpc) is 2.07. The molecule has 4 N–H and O–H groups in total. The number of pyridine rings is 1. The van der Waals surface area contributed by atoms with Crippen LogP contribution in [0.4, 0.5) is 11.5 Å². The van der Waals surface area contributed by atoms with Gasteiger partial charge in [0.1, 0.15) is 5.82 Å². The highest BCUT2D eigenvalue weighted by Gasteiger charge is 1.98. The maximum absolute atomic E-state index is 5.45. The highest BCUT2D eigenvalue weighted by Crippen LogP contribution is 2.11. The standard InChI is InChI=1S/C7H10N4O/c1-10-12-4-5-2-3-6(8)7(9)11-5/h2-3H,1,4,8H2,(H2,9,11). The van der Waals surface area contributed by atoms with Crippen LogP contribution in [0.3, 0.4) is 0 Å². The van der Waals surface area contributed by atoms with Crippen LogP contribution in [0, 0.1) is 0 Å². The normalized spacial score (nSPS) is 9.33. The van der Waals surface area contributed by atoms with E-state index in [1.165, 1.54) is 0 Å². The Morgan fingerprint density at radius 3 is 2.83 bits per heavy atom. The van der Waals surface area contributed by atoms with Crippen LogP contribution in [0.2, 0.25) is 0 Å². The molecule has 5 nitrogen and oxygen atoms in total. The maximum atomic E-state index is 5.45. The van der Waals surface area contributed by atoms with Gasteiger partial charge in [-0.25, -0.2) is 4.98 Å². The predicted molar refractivity (Wildman–Crippen MR) is 47.4 cm³/mol. The summed E-state index contributed by atoms with van der Waals surface area (Å²) in [5, 5.41) is 3.22. The second-order valence-corrected chi connectivity index (χ2v) is 2.18. The van der Waals surface area contributed by atoms with Crippen LogP contribution in [0.5, 0.6) is 0 Å². The van der Waals surface area contributed by atoms with Crippen molar-refractivity contribution in [3.05, 3.63) is 17.8 Å². The minimum atomic E-state index is 0.258. The Kier molecular flexibility index (Phi) is 2.47. The van der Waals surface area contributed by atoms with Gasteiger partial charge < -0.3 is 16.3 Å². The summed E-state index contributed by atoms with van der Waals surface area (Å²) in [6.07, 6.45) is 0. The molecule has 1 aromatic heterocycles. The molecule has 64 valence electrons. The molecule has 0 bridgehead atoms. The SMILES string of the molecule is C=NOCc1ccc(N)c(N)n1. The summed E-state index contributed by atoms with van der Waals surface area (Å²) >= 11 is 0. The number of aromatic nitrogens is 1. The van der Waals surface area contributed by atoms with Crippen LogP contribution in [-0.2, 0) is 11.4 Å². The van der Waals surface area contributed by atoms with Crippen LogP contribution in [-0.4, -0.2) is 11.7 Å². The summed E-state index contributed by atoms with van der Waals surface area (Å²) in [4.78, 5) is 8.62. The second-order valence-electron chi connectivity index (χ2n) is 2.18. The van der Waals surface area contributed by atoms with Crippen molar-refractivity contribution in [1.82, 2.24) is 4.98 Å². The molecule has 0 saturated carbocycles. The van der Waals surface area contributed by atoms with Crippen molar-refractivity contribution in [2.45, 2.75) is 6.61 Å². The molecule has 12 heavy (non-hydrogen) atoms. The first-order valence-corrected chi connectivity index (χ1v) is 3.33. The van der Waals surface area contributed by atoms with Gasteiger partial charge in [0.2, 0.25) is 0 Å². The summed E-state index contributed by atoms with van der Waals surface area (Å²) in [6, 6.07) is 3.39. The molecule has 1 aromatic rings. The van der Waals surface area contributed by atoms with Gasteiger partial charge in [-0.3, -0.25) is 0 Å². The lowest BCUT2D eigenvalue weighted by Crippen LogP contribution is -2.01. The Bertz CT molecular complexity index is 287. The van der Waals surface area contributed by atoms with Crippen LogP contribution in [0.1, 0.15) is 5.69 Å². The topological polar surface area (TPSA) is 86.5 Å². The predicted octanol–water partition coefficient (Wildman–Crippen LogP) is 0.378. The molecule has 1 rings (SSSR count). The molecule has 5 heteroatoms. The van der Waals surface area contributed by atoms with E-state index in [2.05, 4.69) is 21.7 Å². The van der Waals surface area contributed by atoms with Crippen molar-refractivity contribution < 1.29 is 4.84 Å². The van der Waals surface area contributed by atoms with E-state index in [9.17, 15) is 0 Å². The van der Waals surface area contributed by atoms with Crippen LogP contribution < -0.4 is 11.5 Å². The van der Waals surface area contributed by atoms with Crippen molar-refractivity contribution in [3.8, 4) is 0 Å². The van der Waals surface area contributed by atoms with Gasteiger partial charge in [0.05, 0.1) is 11.4 Å². The Balaban J connectivity index is 2.75. The number of hydrogen-bond donors (Lipinski definition) is 2. The quantitative estimate of drug-likeness (QED) is 0.502. The molecule has 0 fully saturated rings. The van der Waals surface area contributed by atoms with E-state index >= 15 is 0 Å². The largest absolute Gasteiger partial charge is 0.396 e. The summed E-state index contributed by atoms with van der Waals surface area (Å²) in [7, 11) is 0. The zero-order chi connectivity index (χ0) is 8.97. The van der Waals surface area contributed by atoms with Crippen molar-refractivity contribution >= 4 is 18.2 Å². The third kappa shape index (κ3) is 1.85. The molecular formula is C7H10N4O. The molecule has 0 aliphatic carbocycles. The summed E-state index contributed by atoms with van der Waals surface area (Å²) in [6.45, 7) is 3.42. The van der Waals surface area contributed by atoms with Crippen LogP contribution in [0.15, 0.2) is 17.3 Å². The van der Waals surface area contributed by atoms with Gasteiger partial charge in [-0.1, -0.05) is 0 Å². The zero-order valence-electron chi connectivity index (χ0n) is 6.53. The molecule has 0 aromatic carbocycles.